The van der Waals surface area contributed by atoms with Crippen LogP contribution in [0.15, 0.2) is 78.0 Å². The first-order valence-electron chi connectivity index (χ1n) is 8.65. The third-order valence-electron chi connectivity index (χ3n) is 3.85. The van der Waals surface area contributed by atoms with Gasteiger partial charge in [0.15, 0.2) is 17.5 Å². The minimum absolute atomic E-state index is 0. The molecule has 3 N–H and O–H groups in total. The Morgan fingerprint density at radius 3 is 2.61 bits per heavy atom. The lowest BCUT2D eigenvalue weighted by Gasteiger charge is -2.08. The lowest BCUT2D eigenvalue weighted by Crippen LogP contribution is -2.33. The van der Waals surface area contributed by atoms with Crippen molar-refractivity contribution in [1.29, 1.82) is 0 Å². The lowest BCUT2D eigenvalue weighted by atomic mass is 10.1. The van der Waals surface area contributed by atoms with E-state index in [4.69, 9.17) is 10.5 Å². The quantitative estimate of drug-likeness (QED) is 0.294. The van der Waals surface area contributed by atoms with Crippen molar-refractivity contribution >= 4 is 29.9 Å². The number of hydrogen-bond donors (Lipinski definition) is 2. The molecule has 0 unspecified atom stereocenters. The average Bonchev–Trinajstić information content (AvgIpc) is 2.70. The van der Waals surface area contributed by atoms with E-state index in [0.29, 0.717) is 23.8 Å². The summed E-state index contributed by atoms with van der Waals surface area (Å²) in [6.07, 6.45) is 4.01. The van der Waals surface area contributed by atoms with Crippen LogP contribution in [0.2, 0.25) is 0 Å². The standard InChI is InChI=1S/C21H21FN4O.HI/c22-19-13-17(8-9-20(19)27-18-7-4-11-24-15-18)14-26-21(23)25-12-10-16-5-2-1-3-6-16;/h1-9,11,13,15H,10,12,14H2,(H3,23,25,26);1H. The zero-order valence-electron chi connectivity index (χ0n) is 15.2. The Balaban J connectivity index is 0.00000280. The molecule has 1 heterocycles. The molecule has 0 radical (unpaired) electrons. The van der Waals surface area contributed by atoms with Gasteiger partial charge in [0.25, 0.3) is 0 Å². The minimum Gasteiger partial charge on any atom is -0.453 e. The number of hydrogen-bond acceptors (Lipinski definition) is 3. The first kappa shape index (κ1) is 21.6. The normalized spacial score (nSPS) is 10.8. The Bertz CT molecular complexity index is 891. The van der Waals surface area contributed by atoms with E-state index < -0.39 is 5.82 Å². The molecule has 0 bridgehead atoms. The number of ether oxygens (including phenoxy) is 1. The highest BCUT2D eigenvalue weighted by Gasteiger charge is 2.06. The summed E-state index contributed by atoms with van der Waals surface area (Å²) in [5.74, 6) is 0.503. The molecule has 2 aromatic carbocycles. The molecule has 28 heavy (non-hydrogen) atoms. The molecule has 0 spiro atoms. The molecule has 0 aliphatic heterocycles. The molecule has 1 aromatic heterocycles. The van der Waals surface area contributed by atoms with Gasteiger partial charge >= 0.3 is 0 Å². The summed E-state index contributed by atoms with van der Waals surface area (Å²) >= 11 is 0. The molecule has 0 aliphatic rings. The van der Waals surface area contributed by atoms with Crippen molar-refractivity contribution in [2.45, 2.75) is 13.0 Å². The molecule has 5 nitrogen and oxygen atoms in total. The largest absolute Gasteiger partial charge is 0.453 e. The molecule has 0 saturated heterocycles. The fraction of sp³-hybridized carbons (Fsp3) is 0.143. The number of pyridine rings is 1. The summed E-state index contributed by atoms with van der Waals surface area (Å²) in [7, 11) is 0. The second kappa shape index (κ2) is 11.2. The molecule has 0 aliphatic carbocycles. The summed E-state index contributed by atoms with van der Waals surface area (Å²) < 4.78 is 19.7. The Kier molecular flexibility index (Phi) is 8.67. The maximum Gasteiger partial charge on any atom is 0.188 e. The first-order chi connectivity index (χ1) is 13.2. The van der Waals surface area contributed by atoms with Gasteiger partial charge in [0.1, 0.15) is 5.75 Å². The number of rotatable bonds is 7. The van der Waals surface area contributed by atoms with Crippen molar-refractivity contribution in [3.63, 3.8) is 0 Å². The highest BCUT2D eigenvalue weighted by molar-refractivity contribution is 14.0. The van der Waals surface area contributed by atoms with Crippen molar-refractivity contribution in [2.24, 2.45) is 10.7 Å². The molecule has 0 fully saturated rings. The van der Waals surface area contributed by atoms with Gasteiger partial charge < -0.3 is 15.8 Å². The third-order valence-corrected chi connectivity index (χ3v) is 3.85. The van der Waals surface area contributed by atoms with E-state index in [9.17, 15) is 4.39 Å². The van der Waals surface area contributed by atoms with Crippen LogP contribution in [0.3, 0.4) is 0 Å². The smallest absolute Gasteiger partial charge is 0.188 e. The maximum atomic E-state index is 14.2. The molecule has 146 valence electrons. The van der Waals surface area contributed by atoms with Crippen LogP contribution < -0.4 is 15.8 Å². The Morgan fingerprint density at radius 1 is 1.07 bits per heavy atom. The number of benzene rings is 2. The van der Waals surface area contributed by atoms with Gasteiger partial charge in [0.2, 0.25) is 0 Å². The highest BCUT2D eigenvalue weighted by atomic mass is 127. The number of aromatic nitrogens is 1. The SMILES string of the molecule is I.NC(=NCc1ccc(Oc2cccnc2)c(F)c1)NCCc1ccccc1. The van der Waals surface area contributed by atoms with Crippen LogP contribution >= 0.6 is 24.0 Å². The second-order valence-electron chi connectivity index (χ2n) is 5.92. The van der Waals surface area contributed by atoms with Gasteiger partial charge in [0, 0.05) is 12.7 Å². The van der Waals surface area contributed by atoms with Crippen molar-refractivity contribution < 1.29 is 9.13 Å². The zero-order chi connectivity index (χ0) is 18.9. The van der Waals surface area contributed by atoms with Crippen molar-refractivity contribution in [1.82, 2.24) is 10.3 Å². The lowest BCUT2D eigenvalue weighted by molar-refractivity contribution is 0.440. The molecular weight excluding hydrogens is 470 g/mol. The predicted molar refractivity (Wildman–Crippen MR) is 120 cm³/mol. The Labute approximate surface area is 180 Å². The number of guanidine groups is 1. The first-order valence-corrected chi connectivity index (χ1v) is 8.65. The molecule has 0 saturated carbocycles. The van der Waals surface area contributed by atoms with Gasteiger partial charge in [0.05, 0.1) is 12.7 Å². The predicted octanol–water partition coefficient (Wildman–Crippen LogP) is 4.28. The van der Waals surface area contributed by atoms with E-state index in [2.05, 4.69) is 27.4 Å². The van der Waals surface area contributed by atoms with Gasteiger partial charge in [-0.3, -0.25) is 4.98 Å². The van der Waals surface area contributed by atoms with Gasteiger partial charge in [-0.15, -0.1) is 24.0 Å². The van der Waals surface area contributed by atoms with Crippen LogP contribution in [0.1, 0.15) is 11.1 Å². The molecule has 3 rings (SSSR count). The van der Waals surface area contributed by atoms with Crippen LogP contribution in [-0.4, -0.2) is 17.5 Å². The van der Waals surface area contributed by atoms with Crippen molar-refractivity contribution in [3.8, 4) is 11.5 Å². The van der Waals surface area contributed by atoms with Gasteiger partial charge in [-0.25, -0.2) is 9.38 Å². The molecule has 3 aromatic rings. The maximum absolute atomic E-state index is 14.2. The summed E-state index contributed by atoms with van der Waals surface area (Å²) in [5.41, 5.74) is 7.80. The van der Waals surface area contributed by atoms with Gasteiger partial charge in [-0.05, 0) is 41.8 Å². The summed E-state index contributed by atoms with van der Waals surface area (Å²) in [5, 5.41) is 3.06. The van der Waals surface area contributed by atoms with Crippen LogP contribution in [0.4, 0.5) is 4.39 Å². The topological polar surface area (TPSA) is 72.5 Å². The molecule has 7 heteroatoms. The van der Waals surface area contributed by atoms with Gasteiger partial charge in [-0.2, -0.15) is 0 Å². The summed E-state index contributed by atoms with van der Waals surface area (Å²) in [4.78, 5) is 8.18. The van der Waals surface area contributed by atoms with E-state index in [1.807, 2.05) is 18.2 Å². The van der Waals surface area contributed by atoms with E-state index in [-0.39, 0.29) is 36.3 Å². The fourth-order valence-electron chi connectivity index (χ4n) is 2.47. The Hall–Kier alpha value is -2.68. The molecule has 0 atom stereocenters. The highest BCUT2D eigenvalue weighted by Crippen LogP contribution is 2.24. The van der Waals surface area contributed by atoms with Crippen molar-refractivity contribution in [2.75, 3.05) is 6.54 Å². The summed E-state index contributed by atoms with van der Waals surface area (Å²) in [6, 6.07) is 18.3. The van der Waals surface area contributed by atoms with Crippen LogP contribution in [0.5, 0.6) is 11.5 Å². The van der Waals surface area contributed by atoms with E-state index in [0.717, 1.165) is 6.42 Å². The minimum atomic E-state index is -0.456. The Morgan fingerprint density at radius 2 is 1.89 bits per heavy atom. The monoisotopic (exact) mass is 492 g/mol. The third kappa shape index (κ3) is 6.80. The van der Waals surface area contributed by atoms with Crippen LogP contribution in [-0.2, 0) is 13.0 Å². The number of nitrogens with zero attached hydrogens (tertiary/aromatic N) is 2. The van der Waals surface area contributed by atoms with E-state index in [1.54, 1.807) is 30.5 Å². The van der Waals surface area contributed by atoms with Gasteiger partial charge in [-0.1, -0.05) is 36.4 Å². The number of aliphatic imine (C=N–C) groups is 1. The van der Waals surface area contributed by atoms with Crippen molar-refractivity contribution in [3.05, 3.63) is 90.0 Å². The second-order valence-corrected chi connectivity index (χ2v) is 5.92. The zero-order valence-corrected chi connectivity index (χ0v) is 17.5. The molecule has 0 amide bonds. The van der Waals surface area contributed by atoms with E-state index >= 15 is 0 Å². The number of halogens is 2. The number of nitrogens with one attached hydrogen (secondary N) is 1. The average molecular weight is 492 g/mol. The fourth-order valence-corrected chi connectivity index (χ4v) is 2.47. The van der Waals surface area contributed by atoms with E-state index in [1.165, 1.54) is 17.8 Å². The van der Waals surface area contributed by atoms with Crippen LogP contribution in [0, 0.1) is 5.82 Å². The number of nitrogens with two attached hydrogens (primary N) is 1. The molecular formula is C21H22FIN4O. The van der Waals surface area contributed by atoms with Crippen LogP contribution in [0.25, 0.3) is 0 Å². The summed E-state index contributed by atoms with van der Waals surface area (Å²) in [6.45, 7) is 0.972.